The van der Waals surface area contributed by atoms with Gasteiger partial charge in [-0.05, 0) is 27.7 Å². The molecule has 0 bridgehead atoms. The largest absolute Gasteiger partial charge is 0.516 e. The molecule has 3 heterocycles. The van der Waals surface area contributed by atoms with Gasteiger partial charge in [-0.2, -0.15) is 0 Å². The zero-order valence-corrected chi connectivity index (χ0v) is 12.8. The summed E-state index contributed by atoms with van der Waals surface area (Å²) in [7, 11) is -0.486. The molecule has 0 atom stereocenters. The van der Waals surface area contributed by atoms with Gasteiger partial charge in [-0.1, -0.05) is 0 Å². The summed E-state index contributed by atoms with van der Waals surface area (Å²) in [6, 6.07) is 0. The topological polar surface area (TPSA) is 57.1 Å². The van der Waals surface area contributed by atoms with Gasteiger partial charge in [0.15, 0.2) is 0 Å². The van der Waals surface area contributed by atoms with Crippen LogP contribution in [0, 0.1) is 0 Å². The summed E-state index contributed by atoms with van der Waals surface area (Å²) in [5.41, 5.74) is 2.51. The van der Waals surface area contributed by atoms with Crippen molar-refractivity contribution in [3.05, 3.63) is 24.1 Å². The Hall–Kier alpha value is -1.31. The first-order valence-corrected chi connectivity index (χ1v) is 7.33. The molecule has 0 amide bonds. The third kappa shape index (κ3) is 2.26. The molecular formula is C13H16BN3O2S. The molecular weight excluding hydrogens is 273 g/mol. The summed E-state index contributed by atoms with van der Waals surface area (Å²) in [5, 5.41) is 0. The highest BCUT2D eigenvalue weighted by atomic mass is 32.1. The van der Waals surface area contributed by atoms with Gasteiger partial charge in [-0.15, -0.1) is 11.3 Å². The molecule has 0 unspecified atom stereocenters. The van der Waals surface area contributed by atoms with E-state index < -0.39 is 7.12 Å². The zero-order chi connectivity index (χ0) is 14.4. The molecule has 20 heavy (non-hydrogen) atoms. The summed E-state index contributed by atoms with van der Waals surface area (Å²) >= 11 is 1.53. The molecule has 104 valence electrons. The minimum absolute atomic E-state index is 0.375. The Labute approximate surface area is 122 Å². The minimum atomic E-state index is -0.486. The first-order chi connectivity index (χ1) is 9.39. The molecule has 0 aromatic carbocycles. The fourth-order valence-electron chi connectivity index (χ4n) is 1.92. The van der Waals surface area contributed by atoms with E-state index in [1.54, 1.807) is 24.1 Å². The minimum Gasteiger partial charge on any atom is -0.398 e. The van der Waals surface area contributed by atoms with Gasteiger partial charge in [-0.25, -0.2) is 0 Å². The van der Waals surface area contributed by atoms with E-state index in [0.29, 0.717) is 5.59 Å². The van der Waals surface area contributed by atoms with Gasteiger partial charge in [0.25, 0.3) is 0 Å². The van der Waals surface area contributed by atoms with Gasteiger partial charge < -0.3 is 9.31 Å². The van der Waals surface area contributed by atoms with Gasteiger partial charge >= 0.3 is 7.12 Å². The van der Waals surface area contributed by atoms with E-state index in [1.807, 2.05) is 27.7 Å². The maximum Gasteiger partial charge on any atom is 0.516 e. The van der Waals surface area contributed by atoms with Crippen LogP contribution in [0.4, 0.5) is 0 Å². The monoisotopic (exact) mass is 289 g/mol. The van der Waals surface area contributed by atoms with Crippen LogP contribution < -0.4 is 5.59 Å². The Bertz CT molecular complexity index is 600. The molecule has 2 aromatic rings. The lowest BCUT2D eigenvalue weighted by Gasteiger charge is -2.32. The van der Waals surface area contributed by atoms with E-state index in [1.165, 1.54) is 11.3 Å². The fourth-order valence-corrected chi connectivity index (χ4v) is 2.50. The standard InChI is InChI=1S/C13H16BN3O2S/c1-12(2)13(3,4)19-14(18-12)11-7-15-5-9(17-11)10-6-16-8-20-10/h5-8H,1-4H3. The molecule has 7 heteroatoms. The molecule has 1 fully saturated rings. The van der Waals surface area contributed by atoms with Crippen LogP contribution in [0.2, 0.25) is 0 Å². The number of hydrogen-bond acceptors (Lipinski definition) is 6. The summed E-state index contributed by atoms with van der Waals surface area (Å²) in [5.74, 6) is 0. The van der Waals surface area contributed by atoms with Crippen molar-refractivity contribution >= 4 is 24.0 Å². The SMILES string of the molecule is CC1(C)OB(c2cncc(-c3cncs3)n2)OC1(C)C. The maximum absolute atomic E-state index is 5.99. The highest BCUT2D eigenvalue weighted by molar-refractivity contribution is 7.13. The van der Waals surface area contributed by atoms with Crippen molar-refractivity contribution in [2.45, 2.75) is 38.9 Å². The Morgan fingerprint density at radius 1 is 1.00 bits per heavy atom. The van der Waals surface area contributed by atoms with Gasteiger partial charge in [0.05, 0.1) is 39.1 Å². The number of rotatable bonds is 2. The van der Waals surface area contributed by atoms with Crippen LogP contribution in [0.5, 0.6) is 0 Å². The maximum atomic E-state index is 5.99. The van der Waals surface area contributed by atoms with Crippen molar-refractivity contribution < 1.29 is 9.31 Å². The van der Waals surface area contributed by atoms with Gasteiger partial charge in [0.1, 0.15) is 0 Å². The van der Waals surface area contributed by atoms with Crippen molar-refractivity contribution in [1.82, 2.24) is 15.0 Å². The highest BCUT2D eigenvalue weighted by Crippen LogP contribution is 2.36. The smallest absolute Gasteiger partial charge is 0.398 e. The Kier molecular flexibility index (Phi) is 3.15. The van der Waals surface area contributed by atoms with Crippen LogP contribution in [-0.2, 0) is 9.31 Å². The quantitative estimate of drug-likeness (QED) is 0.790. The molecule has 5 nitrogen and oxygen atoms in total. The summed E-state index contributed by atoms with van der Waals surface area (Å²) < 4.78 is 12.0. The molecule has 0 saturated carbocycles. The van der Waals surface area contributed by atoms with Crippen molar-refractivity contribution in [3.63, 3.8) is 0 Å². The van der Waals surface area contributed by atoms with Gasteiger partial charge in [-0.3, -0.25) is 15.0 Å². The molecule has 2 aromatic heterocycles. The molecule has 1 saturated heterocycles. The van der Waals surface area contributed by atoms with Crippen molar-refractivity contribution in [2.24, 2.45) is 0 Å². The number of thiazole rings is 1. The van der Waals surface area contributed by atoms with Crippen LogP contribution in [0.3, 0.4) is 0 Å². The second-order valence-corrected chi connectivity index (χ2v) is 6.67. The van der Waals surface area contributed by atoms with Crippen LogP contribution in [0.15, 0.2) is 24.1 Å². The van der Waals surface area contributed by atoms with Crippen LogP contribution in [-0.4, -0.2) is 33.3 Å². The van der Waals surface area contributed by atoms with E-state index in [9.17, 15) is 0 Å². The van der Waals surface area contributed by atoms with Crippen molar-refractivity contribution in [2.75, 3.05) is 0 Å². The molecule has 1 aliphatic heterocycles. The lowest BCUT2D eigenvalue weighted by molar-refractivity contribution is 0.00578. The predicted molar refractivity (Wildman–Crippen MR) is 78.9 cm³/mol. The third-order valence-corrected chi connectivity index (χ3v) is 4.63. The molecule has 0 aliphatic carbocycles. The summed E-state index contributed by atoms with van der Waals surface area (Å²) in [6.07, 6.45) is 5.19. The van der Waals surface area contributed by atoms with E-state index in [4.69, 9.17) is 9.31 Å². The molecule has 0 N–H and O–H groups in total. The molecule has 0 spiro atoms. The second kappa shape index (κ2) is 4.61. The summed E-state index contributed by atoms with van der Waals surface area (Å²) in [4.78, 5) is 13.9. The average molecular weight is 289 g/mol. The first-order valence-electron chi connectivity index (χ1n) is 6.45. The van der Waals surface area contributed by atoms with E-state index in [-0.39, 0.29) is 11.2 Å². The first kappa shape index (κ1) is 13.7. The van der Waals surface area contributed by atoms with E-state index in [0.717, 1.165) is 10.6 Å². The number of aromatic nitrogens is 3. The van der Waals surface area contributed by atoms with Crippen molar-refractivity contribution in [1.29, 1.82) is 0 Å². The van der Waals surface area contributed by atoms with Crippen LogP contribution >= 0.6 is 11.3 Å². The molecule has 0 radical (unpaired) electrons. The lowest BCUT2D eigenvalue weighted by Crippen LogP contribution is -2.41. The number of nitrogens with zero attached hydrogens (tertiary/aromatic N) is 3. The number of hydrogen-bond donors (Lipinski definition) is 0. The Balaban J connectivity index is 1.91. The van der Waals surface area contributed by atoms with E-state index in [2.05, 4.69) is 15.0 Å². The summed E-state index contributed by atoms with van der Waals surface area (Å²) in [6.45, 7) is 8.09. The molecule has 1 aliphatic rings. The lowest BCUT2D eigenvalue weighted by atomic mass is 9.85. The Morgan fingerprint density at radius 3 is 2.30 bits per heavy atom. The highest BCUT2D eigenvalue weighted by Gasteiger charge is 2.52. The zero-order valence-electron chi connectivity index (χ0n) is 12.0. The van der Waals surface area contributed by atoms with Crippen molar-refractivity contribution in [3.8, 4) is 10.6 Å². The normalized spacial score (nSPS) is 20.3. The van der Waals surface area contributed by atoms with E-state index >= 15 is 0 Å². The Morgan fingerprint density at radius 2 is 1.70 bits per heavy atom. The fraction of sp³-hybridized carbons (Fsp3) is 0.462. The average Bonchev–Trinajstić information content (AvgIpc) is 2.97. The second-order valence-electron chi connectivity index (χ2n) is 5.78. The predicted octanol–water partition coefficient (Wildman–Crippen LogP) is 1.90. The van der Waals surface area contributed by atoms with Crippen LogP contribution in [0.1, 0.15) is 27.7 Å². The van der Waals surface area contributed by atoms with Gasteiger partial charge in [0, 0.05) is 12.4 Å². The van der Waals surface area contributed by atoms with Crippen LogP contribution in [0.25, 0.3) is 10.6 Å². The van der Waals surface area contributed by atoms with Gasteiger partial charge in [0.2, 0.25) is 0 Å². The molecule has 3 rings (SSSR count). The third-order valence-electron chi connectivity index (χ3n) is 3.83.